The smallest absolute Gasteiger partial charge is 0.204 e. The van der Waals surface area contributed by atoms with Gasteiger partial charge in [0.1, 0.15) is 26.4 Å². The summed E-state index contributed by atoms with van der Waals surface area (Å²) in [6.45, 7) is 5.76. The van der Waals surface area contributed by atoms with E-state index in [4.69, 9.17) is 28.4 Å². The standard InChI is InChI=1S/C56H60O8/c1-3-5-7-9-23-33-59-55-49-45(35-47(61-37-41-25-15-11-16-26-41)53(55)63-39-43-29-19-13-20-30-43)52(58)50-46(51(49)57)36-48(62-38-42-27-17-12-18-28-42)54(64-40-44-31-21-14-22-32-44)56(50)60-34-24-10-8-6-4-2/h11-22,25-32,35-36H,3-10,23-24,33-34,37-40H2,1-2H3. The van der Waals surface area contributed by atoms with Crippen LogP contribution in [-0.4, -0.2) is 24.8 Å². The maximum Gasteiger partial charge on any atom is 0.204 e. The van der Waals surface area contributed by atoms with Gasteiger partial charge >= 0.3 is 0 Å². The van der Waals surface area contributed by atoms with Crippen molar-refractivity contribution in [1.29, 1.82) is 0 Å². The minimum absolute atomic E-state index is 0.124. The highest BCUT2D eigenvalue weighted by molar-refractivity contribution is 6.31. The van der Waals surface area contributed by atoms with Gasteiger partial charge in [0.2, 0.25) is 11.5 Å². The number of carbonyl (C=O) groups is 2. The molecule has 332 valence electrons. The lowest BCUT2D eigenvalue weighted by molar-refractivity contribution is 0.0968. The van der Waals surface area contributed by atoms with E-state index in [1.165, 1.54) is 0 Å². The van der Waals surface area contributed by atoms with Gasteiger partial charge in [-0.3, -0.25) is 9.59 Å². The molecular formula is C56H60O8. The van der Waals surface area contributed by atoms with Crippen molar-refractivity contribution in [3.05, 3.63) is 178 Å². The molecule has 0 amide bonds. The van der Waals surface area contributed by atoms with Gasteiger partial charge in [0, 0.05) is 11.1 Å². The van der Waals surface area contributed by atoms with Crippen LogP contribution >= 0.6 is 0 Å². The Bertz CT molecular complexity index is 2230. The first-order chi connectivity index (χ1) is 31.6. The molecule has 0 radical (unpaired) electrons. The van der Waals surface area contributed by atoms with Crippen LogP contribution in [0.25, 0.3) is 0 Å². The van der Waals surface area contributed by atoms with Gasteiger partial charge in [-0.2, -0.15) is 0 Å². The molecule has 0 heterocycles. The first-order valence-electron chi connectivity index (χ1n) is 23.0. The summed E-state index contributed by atoms with van der Waals surface area (Å²) >= 11 is 0. The van der Waals surface area contributed by atoms with Crippen molar-refractivity contribution in [2.75, 3.05) is 13.2 Å². The summed E-state index contributed by atoms with van der Waals surface area (Å²) in [6.07, 6.45) is 10.1. The Balaban J connectivity index is 1.37. The van der Waals surface area contributed by atoms with E-state index >= 15 is 9.59 Å². The Morgan fingerprint density at radius 1 is 0.344 bits per heavy atom. The van der Waals surface area contributed by atoms with E-state index in [-0.39, 0.29) is 71.7 Å². The third-order valence-electron chi connectivity index (χ3n) is 11.3. The minimum Gasteiger partial charge on any atom is -0.489 e. The summed E-state index contributed by atoms with van der Waals surface area (Å²) in [5.41, 5.74) is 4.25. The summed E-state index contributed by atoms with van der Waals surface area (Å²) < 4.78 is 39.6. The SMILES string of the molecule is CCCCCCCOc1c(OCc2ccccc2)c(OCc2ccccc2)cc2c1C(=O)c1cc(OCc3ccccc3)c(OCc3ccccc3)c(OCCCCCCC)c1C2=O. The van der Waals surface area contributed by atoms with Crippen LogP contribution < -0.4 is 28.4 Å². The third-order valence-corrected chi connectivity index (χ3v) is 11.3. The lowest BCUT2D eigenvalue weighted by Crippen LogP contribution is -2.25. The molecule has 0 spiro atoms. The van der Waals surface area contributed by atoms with Gasteiger partial charge in [0.05, 0.1) is 24.3 Å². The lowest BCUT2D eigenvalue weighted by Gasteiger charge is -2.27. The lowest BCUT2D eigenvalue weighted by atomic mass is 9.82. The maximum absolute atomic E-state index is 15.4. The van der Waals surface area contributed by atoms with Crippen molar-refractivity contribution < 1.29 is 38.0 Å². The van der Waals surface area contributed by atoms with Gasteiger partial charge in [0.15, 0.2) is 34.6 Å². The molecule has 64 heavy (non-hydrogen) atoms. The fourth-order valence-electron chi connectivity index (χ4n) is 7.76. The van der Waals surface area contributed by atoms with Crippen LogP contribution in [0.1, 0.15) is 132 Å². The van der Waals surface area contributed by atoms with Gasteiger partial charge in [-0.15, -0.1) is 0 Å². The monoisotopic (exact) mass is 860 g/mol. The minimum atomic E-state index is -0.406. The van der Waals surface area contributed by atoms with E-state index in [0.717, 1.165) is 86.5 Å². The highest BCUT2D eigenvalue weighted by Crippen LogP contribution is 2.51. The average Bonchev–Trinajstić information content (AvgIpc) is 3.34. The molecule has 7 rings (SSSR count). The van der Waals surface area contributed by atoms with E-state index in [0.29, 0.717) is 24.7 Å². The molecule has 6 aromatic carbocycles. The Morgan fingerprint density at radius 2 is 0.656 bits per heavy atom. The normalized spacial score (nSPS) is 11.7. The van der Waals surface area contributed by atoms with Crippen LogP contribution in [0.4, 0.5) is 0 Å². The fourth-order valence-corrected chi connectivity index (χ4v) is 7.76. The van der Waals surface area contributed by atoms with Gasteiger partial charge in [-0.1, -0.05) is 187 Å². The highest BCUT2D eigenvalue weighted by atomic mass is 16.5. The predicted molar refractivity (Wildman–Crippen MR) is 251 cm³/mol. The van der Waals surface area contributed by atoms with Crippen molar-refractivity contribution >= 4 is 11.6 Å². The number of ether oxygens (including phenoxy) is 6. The van der Waals surface area contributed by atoms with Crippen LogP contribution in [0.5, 0.6) is 34.5 Å². The Labute approximate surface area is 378 Å². The van der Waals surface area contributed by atoms with E-state index in [2.05, 4.69) is 13.8 Å². The zero-order chi connectivity index (χ0) is 44.4. The third kappa shape index (κ3) is 11.9. The number of fused-ring (bicyclic) bond motifs is 2. The Kier molecular flexibility index (Phi) is 16.9. The summed E-state index contributed by atoms with van der Waals surface area (Å²) in [6, 6.07) is 42.5. The molecule has 0 unspecified atom stereocenters. The number of carbonyl (C=O) groups excluding carboxylic acids is 2. The predicted octanol–water partition coefficient (Wildman–Crippen LogP) is 13.5. The number of rotatable bonds is 26. The molecule has 0 atom stereocenters. The molecule has 0 aromatic heterocycles. The molecule has 1 aliphatic rings. The molecule has 8 heteroatoms. The molecule has 0 N–H and O–H groups in total. The van der Waals surface area contributed by atoms with Gasteiger partial charge in [-0.25, -0.2) is 0 Å². The molecule has 0 fully saturated rings. The van der Waals surface area contributed by atoms with Crippen LogP contribution in [0, 0.1) is 0 Å². The van der Waals surface area contributed by atoms with E-state index in [1.54, 1.807) is 12.1 Å². The number of hydrogen-bond donors (Lipinski definition) is 0. The molecule has 0 bridgehead atoms. The summed E-state index contributed by atoms with van der Waals surface area (Å²) in [5.74, 6) is 0.688. The molecule has 0 saturated carbocycles. The largest absolute Gasteiger partial charge is 0.489 e. The highest BCUT2D eigenvalue weighted by Gasteiger charge is 2.41. The van der Waals surface area contributed by atoms with Crippen LogP contribution in [-0.2, 0) is 26.4 Å². The average molecular weight is 861 g/mol. The summed E-state index contributed by atoms with van der Waals surface area (Å²) in [4.78, 5) is 30.8. The van der Waals surface area contributed by atoms with Gasteiger partial charge in [-0.05, 0) is 47.2 Å². The van der Waals surface area contributed by atoms with Gasteiger partial charge < -0.3 is 28.4 Å². The van der Waals surface area contributed by atoms with Crippen molar-refractivity contribution in [3.63, 3.8) is 0 Å². The van der Waals surface area contributed by atoms with Crippen molar-refractivity contribution in [2.24, 2.45) is 0 Å². The number of hydrogen-bond acceptors (Lipinski definition) is 8. The quantitative estimate of drug-likeness (QED) is 0.0498. The summed E-state index contributed by atoms with van der Waals surface area (Å²) in [7, 11) is 0. The molecule has 0 saturated heterocycles. The zero-order valence-corrected chi connectivity index (χ0v) is 37.3. The molecule has 0 aliphatic heterocycles. The number of benzene rings is 6. The van der Waals surface area contributed by atoms with E-state index in [1.807, 2.05) is 121 Å². The van der Waals surface area contributed by atoms with Crippen LogP contribution in [0.2, 0.25) is 0 Å². The topological polar surface area (TPSA) is 89.5 Å². The van der Waals surface area contributed by atoms with Crippen molar-refractivity contribution in [3.8, 4) is 34.5 Å². The number of unbranched alkanes of at least 4 members (excludes halogenated alkanes) is 8. The Hall–Kier alpha value is -6.54. The van der Waals surface area contributed by atoms with E-state index < -0.39 is 11.6 Å². The van der Waals surface area contributed by atoms with Crippen molar-refractivity contribution in [2.45, 2.75) is 104 Å². The summed E-state index contributed by atoms with van der Waals surface area (Å²) in [5, 5.41) is 0. The van der Waals surface area contributed by atoms with Crippen LogP contribution in [0.3, 0.4) is 0 Å². The fraction of sp³-hybridized carbons (Fsp3) is 0.321. The van der Waals surface area contributed by atoms with E-state index in [9.17, 15) is 0 Å². The second-order valence-corrected chi connectivity index (χ2v) is 16.2. The first kappa shape index (κ1) is 45.5. The maximum atomic E-state index is 15.4. The molecular weight excluding hydrogens is 801 g/mol. The van der Waals surface area contributed by atoms with Crippen molar-refractivity contribution in [1.82, 2.24) is 0 Å². The number of ketones is 2. The zero-order valence-electron chi connectivity index (χ0n) is 37.3. The molecule has 8 nitrogen and oxygen atoms in total. The van der Waals surface area contributed by atoms with Crippen LogP contribution in [0.15, 0.2) is 133 Å². The molecule has 6 aromatic rings. The van der Waals surface area contributed by atoms with Gasteiger partial charge in [0.25, 0.3) is 0 Å². The molecule has 1 aliphatic carbocycles. The Morgan fingerprint density at radius 3 is 0.984 bits per heavy atom. The first-order valence-corrected chi connectivity index (χ1v) is 23.0. The second-order valence-electron chi connectivity index (χ2n) is 16.2. The second kappa shape index (κ2) is 23.8.